The molecule has 1 aromatic carbocycles. The van der Waals surface area contributed by atoms with Crippen LogP contribution in [-0.4, -0.2) is 5.91 Å². The average molecular weight is 260 g/mol. The molecule has 3 N–H and O–H groups in total. The summed E-state index contributed by atoms with van der Waals surface area (Å²) < 4.78 is 38.1. The molecule has 0 saturated heterocycles. The lowest BCUT2D eigenvalue weighted by Crippen LogP contribution is -2.29. The second-order valence-corrected chi connectivity index (χ2v) is 4.36. The van der Waals surface area contributed by atoms with Crippen molar-refractivity contribution in [3.63, 3.8) is 0 Å². The van der Waals surface area contributed by atoms with Crippen molar-refractivity contribution < 1.29 is 18.0 Å². The highest BCUT2D eigenvalue weighted by Gasteiger charge is 2.33. The monoisotopic (exact) mass is 260 g/mol. The molecule has 1 amide bonds. The lowest BCUT2D eigenvalue weighted by atomic mass is 10.1. The maximum absolute atomic E-state index is 12.7. The molecule has 7 heteroatoms. The number of hydrogen-bond donors (Lipinski definition) is 2. The molecule has 1 heterocycles. The summed E-state index contributed by atoms with van der Waals surface area (Å²) in [4.78, 5) is 11.4. The second-order valence-electron chi connectivity index (χ2n) is 3.31. The Morgan fingerprint density at radius 1 is 1.35 bits per heavy atom. The van der Waals surface area contributed by atoms with Crippen molar-refractivity contribution in [2.75, 3.05) is 0 Å². The molecule has 0 unspecified atom stereocenters. The number of benzene rings is 1. The molecule has 0 radical (unpaired) electrons. The molecule has 0 aliphatic rings. The van der Waals surface area contributed by atoms with Gasteiger partial charge in [0.1, 0.15) is 0 Å². The van der Waals surface area contributed by atoms with Crippen LogP contribution in [-0.2, 0) is 6.18 Å². The molecule has 90 valence electrons. The van der Waals surface area contributed by atoms with Crippen LogP contribution >= 0.6 is 11.3 Å². The Balaban J connectivity index is 2.65. The van der Waals surface area contributed by atoms with Crippen molar-refractivity contribution in [2.24, 2.45) is 5.84 Å². The first-order valence-corrected chi connectivity index (χ1v) is 5.36. The highest BCUT2D eigenvalue weighted by atomic mass is 32.1. The maximum Gasteiger partial charge on any atom is 0.417 e. The molecular formula is C10H7F3N2OS. The lowest BCUT2D eigenvalue weighted by molar-refractivity contribution is -0.136. The predicted octanol–water partition coefficient (Wildman–Crippen LogP) is 2.52. The molecule has 0 aliphatic carbocycles. The van der Waals surface area contributed by atoms with Gasteiger partial charge < -0.3 is 0 Å². The van der Waals surface area contributed by atoms with Crippen molar-refractivity contribution in [1.82, 2.24) is 5.43 Å². The van der Waals surface area contributed by atoms with Gasteiger partial charge in [0.25, 0.3) is 5.91 Å². The van der Waals surface area contributed by atoms with E-state index >= 15 is 0 Å². The normalized spacial score (nSPS) is 11.8. The number of rotatable bonds is 1. The van der Waals surface area contributed by atoms with Gasteiger partial charge in [-0.1, -0.05) is 12.1 Å². The number of hydrazine groups is 1. The van der Waals surface area contributed by atoms with Crippen molar-refractivity contribution in [3.05, 3.63) is 34.7 Å². The van der Waals surface area contributed by atoms with Crippen LogP contribution in [0, 0.1) is 0 Å². The first-order valence-electron chi connectivity index (χ1n) is 4.54. The first-order chi connectivity index (χ1) is 7.93. The third-order valence-electron chi connectivity index (χ3n) is 2.20. The number of carbonyl (C=O) groups excluding carboxylic acids is 1. The Hall–Kier alpha value is -1.60. The molecule has 17 heavy (non-hydrogen) atoms. The zero-order valence-corrected chi connectivity index (χ0v) is 9.15. The predicted molar refractivity (Wildman–Crippen MR) is 58.5 cm³/mol. The van der Waals surface area contributed by atoms with Gasteiger partial charge in [0, 0.05) is 4.70 Å². The van der Waals surface area contributed by atoms with Crippen molar-refractivity contribution in [3.8, 4) is 0 Å². The van der Waals surface area contributed by atoms with Crippen molar-refractivity contribution >= 4 is 27.3 Å². The molecule has 3 nitrogen and oxygen atoms in total. The fraction of sp³-hybridized carbons (Fsp3) is 0.100. The van der Waals surface area contributed by atoms with Gasteiger partial charge in [-0.25, -0.2) is 5.84 Å². The molecule has 2 rings (SSSR count). The third kappa shape index (κ3) is 2.11. The quantitative estimate of drug-likeness (QED) is 0.470. The summed E-state index contributed by atoms with van der Waals surface area (Å²) in [6.45, 7) is 0. The molecule has 0 fully saturated rings. The highest BCUT2D eigenvalue weighted by Crippen LogP contribution is 2.38. The van der Waals surface area contributed by atoms with Crippen LogP contribution in [0.1, 0.15) is 15.2 Å². The number of carbonyl (C=O) groups is 1. The van der Waals surface area contributed by atoms with E-state index in [9.17, 15) is 18.0 Å². The number of hydrogen-bond acceptors (Lipinski definition) is 3. The van der Waals surface area contributed by atoms with E-state index in [1.54, 1.807) is 0 Å². The zero-order chi connectivity index (χ0) is 12.6. The summed E-state index contributed by atoms with van der Waals surface area (Å²) in [7, 11) is 0. The van der Waals surface area contributed by atoms with E-state index in [2.05, 4.69) is 0 Å². The number of thiophene rings is 1. The third-order valence-corrected chi connectivity index (χ3v) is 3.39. The van der Waals surface area contributed by atoms with Crippen LogP contribution in [0.2, 0.25) is 0 Å². The topological polar surface area (TPSA) is 55.1 Å². The Morgan fingerprint density at radius 3 is 2.65 bits per heavy atom. The first kappa shape index (κ1) is 11.9. The molecule has 2 aromatic rings. The van der Waals surface area contributed by atoms with E-state index in [0.717, 1.165) is 17.4 Å². The number of alkyl halides is 3. The van der Waals surface area contributed by atoms with E-state index in [1.807, 2.05) is 5.43 Å². The minimum Gasteiger partial charge on any atom is -0.289 e. The number of halogens is 3. The van der Waals surface area contributed by atoms with E-state index in [-0.39, 0.29) is 9.58 Å². The van der Waals surface area contributed by atoms with Crippen LogP contribution in [0.5, 0.6) is 0 Å². The molecule has 1 aromatic heterocycles. The van der Waals surface area contributed by atoms with E-state index in [4.69, 9.17) is 5.84 Å². The molecule has 0 bridgehead atoms. The van der Waals surface area contributed by atoms with Gasteiger partial charge in [-0.05, 0) is 17.5 Å². The smallest absolute Gasteiger partial charge is 0.289 e. The van der Waals surface area contributed by atoms with Crippen LogP contribution in [0.25, 0.3) is 10.1 Å². The summed E-state index contributed by atoms with van der Waals surface area (Å²) in [6.07, 6.45) is -4.43. The fourth-order valence-corrected chi connectivity index (χ4v) is 2.57. The van der Waals surface area contributed by atoms with E-state index < -0.39 is 17.6 Å². The van der Waals surface area contributed by atoms with Crippen LogP contribution in [0.4, 0.5) is 13.2 Å². The minimum atomic E-state index is -4.43. The second kappa shape index (κ2) is 4.01. The Bertz CT molecular complexity index is 576. The highest BCUT2D eigenvalue weighted by molar-refractivity contribution is 7.21. The van der Waals surface area contributed by atoms with E-state index in [0.29, 0.717) is 5.39 Å². The van der Waals surface area contributed by atoms with Crippen LogP contribution in [0.3, 0.4) is 0 Å². The van der Waals surface area contributed by atoms with E-state index in [1.165, 1.54) is 18.2 Å². The van der Waals surface area contributed by atoms with Crippen LogP contribution < -0.4 is 11.3 Å². The van der Waals surface area contributed by atoms with Gasteiger partial charge in [-0.3, -0.25) is 10.2 Å². The van der Waals surface area contributed by atoms with Crippen LogP contribution in [0.15, 0.2) is 24.3 Å². The Morgan fingerprint density at radius 2 is 2.06 bits per heavy atom. The van der Waals surface area contributed by atoms with Gasteiger partial charge in [0.15, 0.2) is 0 Å². The summed E-state index contributed by atoms with van der Waals surface area (Å²) >= 11 is 0.771. The van der Waals surface area contributed by atoms with Crippen molar-refractivity contribution in [2.45, 2.75) is 6.18 Å². The molecule has 0 aliphatic heterocycles. The number of nitrogens with one attached hydrogen (secondary N) is 1. The SMILES string of the molecule is NNC(=O)c1cc2cccc(C(F)(F)F)c2s1. The fourth-order valence-electron chi connectivity index (χ4n) is 1.47. The summed E-state index contributed by atoms with van der Waals surface area (Å²) in [5, 5.41) is 0.378. The summed E-state index contributed by atoms with van der Waals surface area (Å²) in [5.41, 5.74) is 1.15. The lowest BCUT2D eigenvalue weighted by Gasteiger charge is -2.06. The standard InChI is InChI=1S/C10H7F3N2OS/c11-10(12,13)6-3-1-2-5-4-7(9(16)15-14)17-8(5)6/h1-4H,14H2,(H,15,16). The number of nitrogens with two attached hydrogens (primary N) is 1. The maximum atomic E-state index is 12.7. The minimum absolute atomic E-state index is 0.0404. The molecule has 0 atom stereocenters. The largest absolute Gasteiger partial charge is 0.417 e. The molecule has 0 saturated carbocycles. The number of nitrogen functional groups attached to an aromatic ring is 1. The number of amides is 1. The summed E-state index contributed by atoms with van der Waals surface area (Å²) in [6, 6.07) is 5.21. The zero-order valence-electron chi connectivity index (χ0n) is 8.34. The molecular weight excluding hydrogens is 253 g/mol. The summed E-state index contributed by atoms with van der Waals surface area (Å²) in [5.74, 6) is 4.34. The van der Waals surface area contributed by atoms with Gasteiger partial charge in [-0.2, -0.15) is 13.2 Å². The Labute approximate surface area is 98.0 Å². The van der Waals surface area contributed by atoms with Crippen molar-refractivity contribution in [1.29, 1.82) is 0 Å². The van der Waals surface area contributed by atoms with Gasteiger partial charge in [0.2, 0.25) is 0 Å². The average Bonchev–Trinajstić information content (AvgIpc) is 2.69. The van der Waals surface area contributed by atoms with Gasteiger partial charge in [-0.15, -0.1) is 11.3 Å². The van der Waals surface area contributed by atoms with Gasteiger partial charge in [0.05, 0.1) is 10.4 Å². The van der Waals surface area contributed by atoms with Gasteiger partial charge >= 0.3 is 6.18 Å². The number of fused-ring (bicyclic) bond motifs is 1. The Kier molecular flexibility index (Phi) is 2.80. The molecule has 0 spiro atoms.